The zero-order valence-electron chi connectivity index (χ0n) is 24.7. The molecule has 0 spiro atoms. The third-order valence-electron chi connectivity index (χ3n) is 7.26. The summed E-state index contributed by atoms with van der Waals surface area (Å²) in [6.07, 6.45) is -2.93. The maximum Gasteiger partial charge on any atom is 0.407 e. The van der Waals surface area contributed by atoms with E-state index < -0.39 is 53.6 Å². The maximum atomic E-state index is 14.8. The summed E-state index contributed by atoms with van der Waals surface area (Å²) >= 11 is 9.61. The van der Waals surface area contributed by atoms with Gasteiger partial charge < -0.3 is 30.3 Å². The van der Waals surface area contributed by atoms with Crippen molar-refractivity contribution in [1.29, 1.82) is 0 Å². The Kier molecular flexibility index (Phi) is 11.3. The highest BCUT2D eigenvalue weighted by Crippen LogP contribution is 2.35. The average Bonchev–Trinajstić information content (AvgIpc) is 2.95. The zero-order chi connectivity index (χ0) is 32.0. The fourth-order valence-electron chi connectivity index (χ4n) is 5.10. The van der Waals surface area contributed by atoms with Crippen LogP contribution in [0.2, 0.25) is 5.02 Å². The minimum Gasteiger partial charge on any atom is -0.490 e. The monoisotopic (exact) mass is 690 g/mol. The Bertz CT molecular complexity index is 1450. The third-order valence-corrected chi connectivity index (χ3v) is 8.02. The van der Waals surface area contributed by atoms with Crippen molar-refractivity contribution in [2.24, 2.45) is 5.92 Å². The van der Waals surface area contributed by atoms with Gasteiger partial charge in [0.1, 0.15) is 29.9 Å². The summed E-state index contributed by atoms with van der Waals surface area (Å²) in [4.78, 5) is 26.7. The van der Waals surface area contributed by atoms with Crippen molar-refractivity contribution >= 4 is 39.5 Å². The second-order valence-corrected chi connectivity index (χ2v) is 13.3. The predicted molar refractivity (Wildman–Crippen MR) is 169 cm³/mol. The summed E-state index contributed by atoms with van der Waals surface area (Å²) in [7, 11) is 0. The molecule has 0 radical (unpaired) electrons. The average molecular weight is 692 g/mol. The normalized spacial score (nSPS) is 18.3. The Morgan fingerprint density at radius 1 is 1.11 bits per heavy atom. The van der Waals surface area contributed by atoms with Gasteiger partial charge in [0.15, 0.2) is 0 Å². The number of hydrogen-bond acceptors (Lipinski definition) is 6. The third kappa shape index (κ3) is 9.41. The lowest BCUT2D eigenvalue weighted by Crippen LogP contribution is -2.49. The van der Waals surface area contributed by atoms with E-state index >= 15 is 0 Å². The van der Waals surface area contributed by atoms with Gasteiger partial charge in [0, 0.05) is 21.0 Å². The predicted octanol–water partition coefficient (Wildman–Crippen LogP) is 5.90. The molecule has 0 saturated heterocycles. The smallest absolute Gasteiger partial charge is 0.407 e. The summed E-state index contributed by atoms with van der Waals surface area (Å²) in [5, 5.41) is 28.4. The molecule has 4 N–H and O–H groups in total. The molecule has 0 aliphatic carbocycles. The largest absolute Gasteiger partial charge is 0.490 e. The van der Waals surface area contributed by atoms with Crippen LogP contribution >= 0.6 is 27.5 Å². The second-order valence-electron chi connectivity index (χ2n) is 11.9. The van der Waals surface area contributed by atoms with Crippen LogP contribution in [-0.4, -0.2) is 52.7 Å². The van der Waals surface area contributed by atoms with Crippen LogP contribution in [0.1, 0.15) is 49.9 Å². The first-order valence-corrected chi connectivity index (χ1v) is 15.5. The molecular weight excluding hydrogens is 655 g/mol. The van der Waals surface area contributed by atoms with E-state index in [4.69, 9.17) is 21.1 Å². The number of ether oxygens (including phenoxy) is 2. The Hall–Kier alpha value is -3.18. The molecule has 8 nitrogen and oxygen atoms in total. The van der Waals surface area contributed by atoms with Crippen LogP contribution in [0, 0.1) is 11.7 Å². The molecule has 0 aromatic heterocycles. The lowest BCUT2D eigenvalue weighted by Gasteiger charge is -2.33. The van der Waals surface area contributed by atoms with E-state index in [2.05, 4.69) is 26.6 Å². The van der Waals surface area contributed by atoms with Crippen molar-refractivity contribution in [1.82, 2.24) is 10.6 Å². The van der Waals surface area contributed by atoms with Crippen molar-refractivity contribution in [2.75, 3.05) is 6.61 Å². The standard InChI is InChI=1S/C33H37BrClFN2O6/c1-33(2,3)44-32(42)37-26(14-19-8-10-22(34)11-9-19)27(39)16-21(15-20-6-4-5-7-25(20)36)31(41)38-30-24-17-23(35)12-13-29(24)43-18-28(30)40/h4-13,17,21,26-28,30,39-40H,14-16,18H2,1-3H3,(H,37,42)(H,38,41)/t21-,26+,27+,28-,30+/m1/s1. The number of benzene rings is 3. The van der Waals surface area contributed by atoms with E-state index in [-0.39, 0.29) is 25.9 Å². The molecule has 0 bridgehead atoms. The summed E-state index contributed by atoms with van der Waals surface area (Å²) in [6.45, 7) is 5.15. The van der Waals surface area contributed by atoms with E-state index in [9.17, 15) is 24.2 Å². The van der Waals surface area contributed by atoms with E-state index in [1.807, 2.05) is 24.3 Å². The number of carbonyl (C=O) groups excluding carboxylic acids is 2. The summed E-state index contributed by atoms with van der Waals surface area (Å²) in [6, 6.07) is 16.8. The second kappa shape index (κ2) is 14.7. The SMILES string of the molecule is CC(C)(C)OC(=O)N[C@@H](Cc1ccc(Br)cc1)[C@@H](O)C[C@@H](Cc1ccccc1F)C(=O)N[C@H]1c2cc(Cl)ccc2OC[C@H]1O. The minimum absolute atomic E-state index is 0.0330. The van der Waals surface area contributed by atoms with Gasteiger partial charge in [-0.1, -0.05) is 57.9 Å². The van der Waals surface area contributed by atoms with Crippen LogP contribution in [0.3, 0.4) is 0 Å². The Morgan fingerprint density at radius 2 is 1.82 bits per heavy atom. The zero-order valence-corrected chi connectivity index (χ0v) is 27.1. The number of aliphatic hydroxyl groups excluding tert-OH is 2. The molecule has 1 aliphatic heterocycles. The van der Waals surface area contributed by atoms with Crippen LogP contribution in [0.4, 0.5) is 9.18 Å². The van der Waals surface area contributed by atoms with Crippen molar-refractivity contribution in [2.45, 2.75) is 69.9 Å². The van der Waals surface area contributed by atoms with Crippen LogP contribution in [0.15, 0.2) is 71.2 Å². The molecule has 11 heteroatoms. The molecule has 0 unspecified atom stereocenters. The molecule has 0 fully saturated rings. The topological polar surface area (TPSA) is 117 Å². The van der Waals surface area contributed by atoms with Crippen molar-refractivity contribution in [3.8, 4) is 5.75 Å². The number of aliphatic hydroxyl groups is 2. The van der Waals surface area contributed by atoms with E-state index in [1.165, 1.54) is 6.07 Å². The highest BCUT2D eigenvalue weighted by molar-refractivity contribution is 9.10. The number of rotatable bonds is 10. The summed E-state index contributed by atoms with van der Waals surface area (Å²) in [5.74, 6) is -1.45. The molecule has 1 aliphatic rings. The van der Waals surface area contributed by atoms with E-state index in [0.717, 1.165) is 10.0 Å². The maximum absolute atomic E-state index is 14.8. The van der Waals surface area contributed by atoms with Gasteiger partial charge in [0.25, 0.3) is 0 Å². The van der Waals surface area contributed by atoms with Crippen LogP contribution in [0.25, 0.3) is 0 Å². The van der Waals surface area contributed by atoms with Gasteiger partial charge in [-0.25, -0.2) is 9.18 Å². The number of alkyl carbamates (subject to hydrolysis) is 1. The highest BCUT2D eigenvalue weighted by atomic mass is 79.9. The van der Waals surface area contributed by atoms with E-state index in [0.29, 0.717) is 21.9 Å². The number of fused-ring (bicyclic) bond motifs is 1. The lowest BCUT2D eigenvalue weighted by molar-refractivity contribution is -0.128. The Balaban J connectivity index is 1.61. The minimum atomic E-state index is -1.23. The highest BCUT2D eigenvalue weighted by Gasteiger charge is 2.35. The van der Waals surface area contributed by atoms with Gasteiger partial charge in [-0.2, -0.15) is 0 Å². The van der Waals surface area contributed by atoms with Crippen LogP contribution in [-0.2, 0) is 22.4 Å². The number of hydrogen-bond donors (Lipinski definition) is 4. The van der Waals surface area contributed by atoms with Crippen molar-refractivity contribution < 1.29 is 33.7 Å². The summed E-state index contributed by atoms with van der Waals surface area (Å²) in [5.41, 5.74) is 0.867. The van der Waals surface area contributed by atoms with Crippen LogP contribution in [0.5, 0.6) is 5.75 Å². The molecule has 5 atom stereocenters. The molecule has 0 saturated carbocycles. The van der Waals surface area contributed by atoms with Gasteiger partial charge in [-0.15, -0.1) is 0 Å². The quantitative estimate of drug-likeness (QED) is 0.211. The number of carbonyl (C=O) groups is 2. The first-order chi connectivity index (χ1) is 20.8. The Labute approximate surface area is 270 Å². The van der Waals surface area contributed by atoms with Crippen molar-refractivity contribution in [3.63, 3.8) is 0 Å². The molecular formula is C33H37BrClFN2O6. The number of halogens is 3. The van der Waals surface area contributed by atoms with Gasteiger partial charge in [0.05, 0.1) is 18.2 Å². The molecule has 236 valence electrons. The fourth-order valence-corrected chi connectivity index (χ4v) is 5.55. The number of amides is 2. The Morgan fingerprint density at radius 3 is 2.50 bits per heavy atom. The van der Waals surface area contributed by atoms with Gasteiger partial charge in [0.2, 0.25) is 5.91 Å². The lowest BCUT2D eigenvalue weighted by atomic mass is 9.87. The fraction of sp³-hybridized carbons (Fsp3) is 0.394. The first kappa shape index (κ1) is 33.7. The van der Waals surface area contributed by atoms with E-state index in [1.54, 1.807) is 57.2 Å². The van der Waals surface area contributed by atoms with Gasteiger partial charge >= 0.3 is 6.09 Å². The molecule has 1 heterocycles. The van der Waals surface area contributed by atoms with Crippen molar-refractivity contribution in [3.05, 3.63) is 98.7 Å². The van der Waals surface area contributed by atoms with Gasteiger partial charge in [-0.3, -0.25) is 4.79 Å². The molecule has 3 aromatic carbocycles. The molecule has 3 aromatic rings. The first-order valence-electron chi connectivity index (χ1n) is 14.3. The molecule has 44 heavy (non-hydrogen) atoms. The van der Waals surface area contributed by atoms with Gasteiger partial charge in [-0.05, 0) is 87.6 Å². The molecule has 4 rings (SSSR count). The summed E-state index contributed by atoms with van der Waals surface area (Å²) < 4.78 is 26.7. The molecule has 2 amide bonds. The number of nitrogens with one attached hydrogen (secondary N) is 2. The van der Waals surface area contributed by atoms with Crippen LogP contribution < -0.4 is 15.4 Å².